The molecule has 1 aromatic carbocycles. The minimum atomic E-state index is -0.129. The molecule has 1 aromatic rings. The topological polar surface area (TPSA) is 52.6 Å². The molecule has 4 nitrogen and oxygen atoms in total. The molecule has 0 aliphatic carbocycles. The third-order valence-electron chi connectivity index (χ3n) is 4.19. The van der Waals surface area contributed by atoms with Gasteiger partial charge in [-0.1, -0.05) is 0 Å². The first-order valence-corrected chi connectivity index (χ1v) is 6.76. The van der Waals surface area contributed by atoms with Crippen molar-refractivity contribution in [2.75, 3.05) is 31.6 Å². The molecule has 0 atom stereocenters. The first-order chi connectivity index (χ1) is 9.10. The number of carbonyl (C=O) groups excluding carboxylic acids is 1. The van der Waals surface area contributed by atoms with Gasteiger partial charge in [0.05, 0.1) is 6.61 Å². The Morgan fingerprint density at radius 1 is 1.32 bits per heavy atom. The zero-order chi connectivity index (χ0) is 13.9. The number of aliphatic hydroxyl groups excluding tert-OH is 1. The van der Waals surface area contributed by atoms with Crippen molar-refractivity contribution in [2.24, 2.45) is 0 Å². The van der Waals surface area contributed by atoms with Crippen LogP contribution in [0.15, 0.2) is 24.3 Å². The maximum atomic E-state index is 11.2. The fraction of sp³-hybridized carbons (Fsp3) is 0.533. The molecular weight excluding hydrogens is 240 g/mol. The number of benzene rings is 1. The van der Waals surface area contributed by atoms with Gasteiger partial charge in [-0.05, 0) is 51.1 Å². The van der Waals surface area contributed by atoms with Gasteiger partial charge in [-0.25, -0.2) is 0 Å². The normalized spacial score (nSPS) is 18.4. The van der Waals surface area contributed by atoms with Crippen LogP contribution in [0.4, 0.5) is 5.69 Å². The number of Topliss-reactive ketones (excluding diaryl/α,β-unsaturated/α-hetero) is 1. The number of carbonyl (C=O) groups is 1. The van der Waals surface area contributed by atoms with E-state index in [4.69, 9.17) is 0 Å². The van der Waals surface area contributed by atoms with Crippen molar-refractivity contribution < 1.29 is 9.90 Å². The Balaban J connectivity index is 2.03. The van der Waals surface area contributed by atoms with Crippen LogP contribution in [0.5, 0.6) is 0 Å². The van der Waals surface area contributed by atoms with Crippen LogP contribution in [0.25, 0.3) is 0 Å². The van der Waals surface area contributed by atoms with Gasteiger partial charge in [0, 0.05) is 29.9 Å². The summed E-state index contributed by atoms with van der Waals surface area (Å²) in [6, 6.07) is 7.76. The Kier molecular flexibility index (Phi) is 4.22. The molecule has 0 spiro atoms. The highest BCUT2D eigenvalue weighted by Gasteiger charge is 2.32. The Labute approximate surface area is 114 Å². The van der Waals surface area contributed by atoms with Crippen molar-refractivity contribution in [2.45, 2.75) is 25.3 Å². The Morgan fingerprint density at radius 2 is 1.89 bits per heavy atom. The molecule has 1 fully saturated rings. The third-order valence-corrected chi connectivity index (χ3v) is 4.19. The molecule has 1 saturated heterocycles. The first kappa shape index (κ1) is 14.0. The first-order valence-electron chi connectivity index (χ1n) is 6.76. The van der Waals surface area contributed by atoms with Crippen molar-refractivity contribution in [3.63, 3.8) is 0 Å². The second kappa shape index (κ2) is 5.72. The summed E-state index contributed by atoms with van der Waals surface area (Å²) in [4.78, 5) is 13.5. The monoisotopic (exact) mass is 262 g/mol. The predicted molar refractivity (Wildman–Crippen MR) is 76.8 cm³/mol. The number of rotatable bonds is 4. The van der Waals surface area contributed by atoms with Crippen LogP contribution in [0, 0.1) is 0 Å². The van der Waals surface area contributed by atoms with E-state index in [2.05, 4.69) is 10.2 Å². The fourth-order valence-corrected chi connectivity index (χ4v) is 2.59. The number of likely N-dealkylation sites (N-methyl/N-ethyl adjacent to an activating group) is 1. The number of ketones is 1. The minimum absolute atomic E-state index is 0.0969. The zero-order valence-electron chi connectivity index (χ0n) is 11.6. The molecule has 104 valence electrons. The predicted octanol–water partition coefficient (Wildman–Crippen LogP) is 1.44. The summed E-state index contributed by atoms with van der Waals surface area (Å²) in [6.45, 7) is 3.60. The molecule has 1 aliphatic heterocycles. The number of hydrogen-bond acceptors (Lipinski definition) is 4. The lowest BCUT2D eigenvalue weighted by atomic mass is 9.88. The van der Waals surface area contributed by atoms with Crippen LogP contribution in [-0.2, 0) is 0 Å². The molecule has 0 saturated carbocycles. The van der Waals surface area contributed by atoms with E-state index in [1.165, 1.54) is 0 Å². The molecule has 2 N–H and O–H groups in total. The van der Waals surface area contributed by atoms with E-state index in [1.807, 2.05) is 31.3 Å². The van der Waals surface area contributed by atoms with E-state index >= 15 is 0 Å². The van der Waals surface area contributed by atoms with E-state index in [9.17, 15) is 9.90 Å². The highest BCUT2D eigenvalue weighted by atomic mass is 16.3. The molecule has 19 heavy (non-hydrogen) atoms. The lowest BCUT2D eigenvalue weighted by molar-refractivity contribution is 0.101. The van der Waals surface area contributed by atoms with Crippen LogP contribution in [0.3, 0.4) is 0 Å². The highest BCUT2D eigenvalue weighted by Crippen LogP contribution is 2.26. The minimum Gasteiger partial charge on any atom is -0.394 e. The fourth-order valence-electron chi connectivity index (χ4n) is 2.59. The summed E-state index contributed by atoms with van der Waals surface area (Å²) in [5, 5.41) is 12.7. The average Bonchev–Trinajstić information content (AvgIpc) is 2.47. The molecule has 2 rings (SSSR count). The Hall–Kier alpha value is -1.39. The van der Waals surface area contributed by atoms with Crippen LogP contribution >= 0.6 is 0 Å². The van der Waals surface area contributed by atoms with Gasteiger partial charge in [0.2, 0.25) is 0 Å². The summed E-state index contributed by atoms with van der Waals surface area (Å²) >= 11 is 0. The maximum Gasteiger partial charge on any atom is 0.159 e. The van der Waals surface area contributed by atoms with Gasteiger partial charge in [-0.3, -0.25) is 4.79 Å². The summed E-state index contributed by atoms with van der Waals surface area (Å²) in [5.74, 6) is 0.0969. The van der Waals surface area contributed by atoms with Crippen LogP contribution in [-0.4, -0.2) is 43.2 Å². The van der Waals surface area contributed by atoms with E-state index < -0.39 is 0 Å². The SMILES string of the molecule is CNC1(CO)CCN(c2ccc(C(C)=O)cc2)CC1. The van der Waals surface area contributed by atoms with Crippen LogP contribution < -0.4 is 10.2 Å². The number of hydrogen-bond donors (Lipinski definition) is 2. The van der Waals surface area contributed by atoms with Crippen molar-refractivity contribution in [1.29, 1.82) is 0 Å². The molecular formula is C15H22N2O2. The van der Waals surface area contributed by atoms with Gasteiger partial charge in [-0.2, -0.15) is 0 Å². The number of anilines is 1. The molecule has 4 heteroatoms. The lowest BCUT2D eigenvalue weighted by Gasteiger charge is -2.41. The summed E-state index contributed by atoms with van der Waals surface area (Å²) in [7, 11) is 1.91. The van der Waals surface area contributed by atoms with Gasteiger partial charge in [0.15, 0.2) is 5.78 Å². The van der Waals surface area contributed by atoms with Crippen LogP contribution in [0.2, 0.25) is 0 Å². The molecule has 0 unspecified atom stereocenters. The van der Waals surface area contributed by atoms with E-state index in [1.54, 1.807) is 6.92 Å². The molecule has 0 radical (unpaired) electrons. The summed E-state index contributed by atoms with van der Waals surface area (Å²) in [6.07, 6.45) is 1.85. The quantitative estimate of drug-likeness (QED) is 0.806. The standard InChI is InChI=1S/C15H22N2O2/c1-12(19)13-3-5-14(6-4-13)17-9-7-15(11-18,16-2)8-10-17/h3-6,16,18H,7-11H2,1-2H3. The third kappa shape index (κ3) is 2.96. The van der Waals surface area contributed by atoms with E-state index in [-0.39, 0.29) is 17.9 Å². The van der Waals surface area contributed by atoms with Gasteiger partial charge in [-0.15, -0.1) is 0 Å². The highest BCUT2D eigenvalue weighted by molar-refractivity contribution is 5.94. The number of aliphatic hydroxyl groups is 1. The van der Waals surface area contributed by atoms with Crippen molar-refractivity contribution in [3.05, 3.63) is 29.8 Å². The second-order valence-electron chi connectivity index (χ2n) is 5.28. The summed E-state index contributed by atoms with van der Waals surface area (Å²) in [5.41, 5.74) is 1.77. The van der Waals surface area contributed by atoms with E-state index in [0.717, 1.165) is 37.2 Å². The van der Waals surface area contributed by atoms with Gasteiger partial charge < -0.3 is 15.3 Å². The maximum absolute atomic E-state index is 11.2. The average molecular weight is 262 g/mol. The second-order valence-corrected chi connectivity index (χ2v) is 5.28. The molecule has 0 amide bonds. The van der Waals surface area contributed by atoms with Gasteiger partial charge in [0.1, 0.15) is 0 Å². The molecule has 1 heterocycles. The summed E-state index contributed by atoms with van der Waals surface area (Å²) < 4.78 is 0. The largest absolute Gasteiger partial charge is 0.394 e. The van der Waals surface area contributed by atoms with Gasteiger partial charge >= 0.3 is 0 Å². The van der Waals surface area contributed by atoms with Crippen molar-refractivity contribution >= 4 is 11.5 Å². The Bertz CT molecular complexity index is 428. The number of nitrogens with zero attached hydrogens (tertiary/aromatic N) is 1. The molecule has 1 aliphatic rings. The Morgan fingerprint density at radius 3 is 2.32 bits per heavy atom. The van der Waals surface area contributed by atoms with Gasteiger partial charge in [0.25, 0.3) is 0 Å². The van der Waals surface area contributed by atoms with Crippen molar-refractivity contribution in [1.82, 2.24) is 5.32 Å². The smallest absolute Gasteiger partial charge is 0.159 e. The molecule has 0 bridgehead atoms. The van der Waals surface area contributed by atoms with Crippen molar-refractivity contribution in [3.8, 4) is 0 Å². The number of piperidine rings is 1. The molecule has 0 aromatic heterocycles. The zero-order valence-corrected chi connectivity index (χ0v) is 11.6. The van der Waals surface area contributed by atoms with E-state index in [0.29, 0.717) is 0 Å². The lowest BCUT2D eigenvalue weighted by Crippen LogP contribution is -2.54. The van der Waals surface area contributed by atoms with Crippen LogP contribution in [0.1, 0.15) is 30.1 Å². The number of nitrogens with one attached hydrogen (secondary N) is 1.